The number of methoxy groups -OCH3 is 1. The minimum absolute atomic E-state index is 0.111. The lowest BCUT2D eigenvalue weighted by Crippen LogP contribution is -2.23. The predicted molar refractivity (Wildman–Crippen MR) is 125 cm³/mol. The molecule has 8 nitrogen and oxygen atoms in total. The summed E-state index contributed by atoms with van der Waals surface area (Å²) >= 11 is 1.29. The number of amides is 1. The Labute approximate surface area is 189 Å². The maximum Gasteiger partial charge on any atom is 0.295 e. The average Bonchev–Trinajstić information content (AvgIpc) is 3.37. The number of hydrogen-bond donors (Lipinski definition) is 1. The van der Waals surface area contributed by atoms with E-state index in [0.29, 0.717) is 10.9 Å². The first-order valence-electron chi connectivity index (χ1n) is 9.94. The van der Waals surface area contributed by atoms with Crippen LogP contribution in [0.3, 0.4) is 0 Å². The van der Waals surface area contributed by atoms with Gasteiger partial charge in [0.25, 0.3) is 5.56 Å². The number of benzene rings is 2. The lowest BCUT2D eigenvalue weighted by molar-refractivity contribution is -0.113. The lowest BCUT2D eigenvalue weighted by atomic mass is 10.3. The highest BCUT2D eigenvalue weighted by atomic mass is 32.2. The number of aromatic nitrogens is 4. The van der Waals surface area contributed by atoms with E-state index in [0.717, 1.165) is 17.1 Å². The summed E-state index contributed by atoms with van der Waals surface area (Å²) in [5, 5.41) is 3.44. The van der Waals surface area contributed by atoms with Gasteiger partial charge in [0.15, 0.2) is 5.16 Å². The summed E-state index contributed by atoms with van der Waals surface area (Å²) < 4.78 is 10.4. The average molecular weight is 450 g/mol. The van der Waals surface area contributed by atoms with Crippen molar-refractivity contribution in [3.8, 4) is 17.1 Å². The Hall–Kier alpha value is -3.72. The van der Waals surface area contributed by atoms with Gasteiger partial charge in [-0.1, -0.05) is 36.0 Å². The Kier molecular flexibility index (Phi) is 6.18. The van der Waals surface area contributed by atoms with Crippen LogP contribution in [-0.4, -0.2) is 37.7 Å². The summed E-state index contributed by atoms with van der Waals surface area (Å²) in [4.78, 5) is 30.0. The minimum Gasteiger partial charge on any atom is -0.497 e. The third-order valence-corrected chi connectivity index (χ3v) is 6.06. The van der Waals surface area contributed by atoms with Crippen LogP contribution in [0.15, 0.2) is 76.9 Å². The Balaban J connectivity index is 1.50. The summed E-state index contributed by atoms with van der Waals surface area (Å²) in [6.07, 6.45) is 3.51. The molecule has 0 aliphatic rings. The number of nitrogens with zero attached hydrogens (tertiary/aromatic N) is 4. The fourth-order valence-corrected chi connectivity index (χ4v) is 4.14. The maximum absolute atomic E-state index is 13.0. The second kappa shape index (κ2) is 9.19. The molecule has 0 aliphatic heterocycles. The summed E-state index contributed by atoms with van der Waals surface area (Å²) in [5.74, 6) is 0.570. The molecule has 0 fully saturated rings. The molecule has 1 amide bonds. The fraction of sp³-hybridized carbons (Fsp3) is 0.174. The first-order chi connectivity index (χ1) is 15.5. The van der Waals surface area contributed by atoms with Crippen molar-refractivity contribution in [1.29, 1.82) is 0 Å². The summed E-state index contributed by atoms with van der Waals surface area (Å²) in [6, 6.07) is 16.9. The van der Waals surface area contributed by atoms with Crippen LogP contribution in [0.2, 0.25) is 0 Å². The van der Waals surface area contributed by atoms with Gasteiger partial charge in [0.1, 0.15) is 11.4 Å². The lowest BCUT2D eigenvalue weighted by Gasteiger charge is -2.09. The van der Waals surface area contributed by atoms with Crippen molar-refractivity contribution >= 4 is 23.4 Å². The number of anilines is 1. The van der Waals surface area contributed by atoms with Crippen LogP contribution in [0, 0.1) is 6.92 Å². The number of carbonyl (C=O) groups excluding carboxylic acids is 1. The monoisotopic (exact) mass is 449 g/mol. The molecule has 0 aliphatic carbocycles. The van der Waals surface area contributed by atoms with Crippen LogP contribution in [0.25, 0.3) is 11.4 Å². The third-order valence-electron chi connectivity index (χ3n) is 5.09. The standard InChI is InChI=1S/C23H23N5O3S/c1-16-21(22(30)28(26(16)2)17-8-5-4-6-9-17)25-20(29)15-32-23-24-12-13-27(23)18-10-7-11-19(14-18)31-3/h4-14H,15H2,1-3H3,(H,25,29). The molecule has 0 radical (unpaired) electrons. The van der Waals surface area contributed by atoms with Crippen LogP contribution in [0.1, 0.15) is 5.69 Å². The maximum atomic E-state index is 13.0. The van der Waals surface area contributed by atoms with Gasteiger partial charge in [0.05, 0.1) is 29.9 Å². The van der Waals surface area contributed by atoms with Gasteiger partial charge >= 0.3 is 0 Å². The SMILES string of the molecule is COc1cccc(-n2ccnc2SCC(=O)Nc2c(C)n(C)n(-c3ccccc3)c2=O)c1. The van der Waals surface area contributed by atoms with Crippen LogP contribution in [0.4, 0.5) is 5.69 Å². The molecular weight excluding hydrogens is 426 g/mol. The van der Waals surface area contributed by atoms with Crippen LogP contribution < -0.4 is 15.6 Å². The number of imidazole rings is 1. The zero-order valence-electron chi connectivity index (χ0n) is 18.0. The van der Waals surface area contributed by atoms with Crippen LogP contribution >= 0.6 is 11.8 Å². The van der Waals surface area contributed by atoms with E-state index in [9.17, 15) is 9.59 Å². The molecule has 0 saturated heterocycles. The van der Waals surface area contributed by atoms with Gasteiger partial charge in [-0.3, -0.25) is 18.8 Å². The molecule has 2 aromatic carbocycles. The van der Waals surface area contributed by atoms with Crippen LogP contribution in [-0.2, 0) is 11.8 Å². The fourth-order valence-electron chi connectivity index (χ4n) is 3.37. The van der Waals surface area contributed by atoms with Crippen molar-refractivity contribution in [2.45, 2.75) is 12.1 Å². The third kappa shape index (κ3) is 4.19. The number of carbonyl (C=O) groups is 1. The number of para-hydroxylation sites is 1. The zero-order chi connectivity index (χ0) is 22.7. The largest absolute Gasteiger partial charge is 0.497 e. The molecule has 0 bridgehead atoms. The van der Waals surface area contributed by atoms with Gasteiger partial charge in [0, 0.05) is 25.5 Å². The number of hydrogen-bond acceptors (Lipinski definition) is 5. The second-order valence-electron chi connectivity index (χ2n) is 7.05. The Morgan fingerprint density at radius 2 is 1.88 bits per heavy atom. The number of rotatable bonds is 7. The van der Waals surface area contributed by atoms with Crippen LogP contribution in [0.5, 0.6) is 5.75 Å². The molecular formula is C23H23N5O3S. The Morgan fingerprint density at radius 3 is 2.62 bits per heavy atom. The molecule has 9 heteroatoms. The van der Waals surface area contributed by atoms with Crippen molar-refractivity contribution in [2.75, 3.05) is 18.2 Å². The minimum atomic E-state index is -0.277. The molecule has 2 heterocycles. The first kappa shape index (κ1) is 21.5. The molecule has 0 spiro atoms. The van der Waals surface area contributed by atoms with Gasteiger partial charge in [-0.05, 0) is 31.2 Å². The van der Waals surface area contributed by atoms with E-state index in [1.54, 1.807) is 32.0 Å². The van der Waals surface area contributed by atoms with Crippen molar-refractivity contribution in [1.82, 2.24) is 18.9 Å². The molecule has 0 atom stereocenters. The normalized spacial score (nSPS) is 10.8. The summed E-state index contributed by atoms with van der Waals surface area (Å²) in [6.45, 7) is 1.80. The van der Waals surface area contributed by atoms with Crippen molar-refractivity contribution in [2.24, 2.45) is 7.05 Å². The molecule has 164 valence electrons. The number of ether oxygens (including phenoxy) is 1. The highest BCUT2D eigenvalue weighted by Gasteiger charge is 2.18. The van der Waals surface area contributed by atoms with Gasteiger partial charge in [0.2, 0.25) is 5.91 Å². The topological polar surface area (TPSA) is 83.1 Å². The predicted octanol–water partition coefficient (Wildman–Crippen LogP) is 3.41. The molecule has 0 unspecified atom stereocenters. The van der Waals surface area contributed by atoms with Gasteiger partial charge < -0.3 is 10.1 Å². The zero-order valence-corrected chi connectivity index (χ0v) is 18.8. The van der Waals surface area contributed by atoms with E-state index in [2.05, 4.69) is 10.3 Å². The molecule has 0 saturated carbocycles. The van der Waals surface area contributed by atoms with Crippen molar-refractivity contribution in [3.63, 3.8) is 0 Å². The van der Waals surface area contributed by atoms with E-state index < -0.39 is 0 Å². The first-order valence-corrected chi connectivity index (χ1v) is 10.9. The smallest absolute Gasteiger partial charge is 0.295 e. The van der Waals surface area contributed by atoms with Crippen molar-refractivity contribution < 1.29 is 9.53 Å². The highest BCUT2D eigenvalue weighted by Crippen LogP contribution is 2.23. The molecule has 32 heavy (non-hydrogen) atoms. The highest BCUT2D eigenvalue weighted by molar-refractivity contribution is 7.99. The Morgan fingerprint density at radius 1 is 1.12 bits per heavy atom. The summed E-state index contributed by atoms with van der Waals surface area (Å²) in [5.41, 5.74) is 2.30. The quantitative estimate of drug-likeness (QED) is 0.437. The van der Waals surface area contributed by atoms with E-state index in [1.807, 2.05) is 65.4 Å². The molecule has 4 aromatic rings. The summed E-state index contributed by atoms with van der Waals surface area (Å²) in [7, 11) is 3.41. The number of nitrogens with one attached hydrogen (secondary N) is 1. The van der Waals surface area contributed by atoms with E-state index in [-0.39, 0.29) is 22.9 Å². The number of thioether (sulfide) groups is 1. The van der Waals surface area contributed by atoms with Gasteiger partial charge in [-0.25, -0.2) is 9.67 Å². The molecule has 2 aromatic heterocycles. The Bertz CT molecular complexity index is 1310. The van der Waals surface area contributed by atoms with E-state index in [1.165, 1.54) is 16.4 Å². The second-order valence-corrected chi connectivity index (χ2v) is 8.00. The van der Waals surface area contributed by atoms with Crippen molar-refractivity contribution in [3.05, 3.63) is 83.0 Å². The van der Waals surface area contributed by atoms with Gasteiger partial charge in [-0.2, -0.15) is 0 Å². The molecule has 4 rings (SSSR count). The molecule has 1 N–H and O–H groups in total. The van der Waals surface area contributed by atoms with E-state index in [4.69, 9.17) is 4.74 Å². The van der Waals surface area contributed by atoms with Gasteiger partial charge in [-0.15, -0.1) is 0 Å². The van der Waals surface area contributed by atoms with E-state index >= 15 is 0 Å².